The molecule has 1 aromatic rings. The molecule has 3 unspecified atom stereocenters. The average Bonchev–Trinajstić information content (AvgIpc) is 2.45. The summed E-state index contributed by atoms with van der Waals surface area (Å²) in [6.45, 7) is 5.45. The topological polar surface area (TPSA) is 52.9 Å². The van der Waals surface area contributed by atoms with E-state index in [0.717, 1.165) is 17.8 Å². The van der Waals surface area contributed by atoms with Crippen molar-refractivity contribution in [1.29, 1.82) is 0 Å². The number of para-hydroxylation sites is 1. The van der Waals surface area contributed by atoms with Gasteiger partial charge in [-0.3, -0.25) is 0 Å². The maximum Gasteiger partial charge on any atom is 0.0984 e. The molecule has 0 bridgehead atoms. The standard InChI is InChI=1S/C15H23NO3/c1-3-15(18)13-6-4-5-7-14(13)16-8-11(2)19-12(9-16)10-17/h4-7,11-12,15,17-18H,3,8-10H2,1-2H3. The van der Waals surface area contributed by atoms with E-state index in [-0.39, 0.29) is 18.8 Å². The van der Waals surface area contributed by atoms with Gasteiger partial charge in [-0.25, -0.2) is 0 Å². The van der Waals surface area contributed by atoms with Crippen molar-refractivity contribution in [2.45, 2.75) is 38.6 Å². The van der Waals surface area contributed by atoms with Crippen LogP contribution in [0.1, 0.15) is 31.9 Å². The number of aliphatic hydroxyl groups is 2. The van der Waals surface area contributed by atoms with Crippen LogP contribution in [-0.2, 0) is 4.74 Å². The zero-order valence-electron chi connectivity index (χ0n) is 11.6. The quantitative estimate of drug-likeness (QED) is 0.870. The molecular formula is C15H23NO3. The highest BCUT2D eigenvalue weighted by Crippen LogP contribution is 2.30. The van der Waals surface area contributed by atoms with E-state index in [1.165, 1.54) is 0 Å². The van der Waals surface area contributed by atoms with Gasteiger partial charge in [-0.2, -0.15) is 0 Å². The molecule has 2 N–H and O–H groups in total. The minimum Gasteiger partial charge on any atom is -0.394 e. The summed E-state index contributed by atoms with van der Waals surface area (Å²) < 4.78 is 5.66. The van der Waals surface area contributed by atoms with Gasteiger partial charge in [0.1, 0.15) is 0 Å². The summed E-state index contributed by atoms with van der Waals surface area (Å²) in [5, 5.41) is 19.4. The molecule has 3 atom stereocenters. The smallest absolute Gasteiger partial charge is 0.0984 e. The number of ether oxygens (including phenoxy) is 1. The predicted octanol–water partition coefficient (Wildman–Crippen LogP) is 1.72. The highest BCUT2D eigenvalue weighted by atomic mass is 16.5. The van der Waals surface area contributed by atoms with E-state index in [2.05, 4.69) is 4.90 Å². The van der Waals surface area contributed by atoms with Gasteiger partial charge in [0.15, 0.2) is 0 Å². The molecule has 2 rings (SSSR count). The first-order valence-corrected chi connectivity index (χ1v) is 6.94. The van der Waals surface area contributed by atoms with Crippen molar-refractivity contribution in [3.63, 3.8) is 0 Å². The molecule has 19 heavy (non-hydrogen) atoms. The molecule has 0 amide bonds. The van der Waals surface area contributed by atoms with Gasteiger partial charge < -0.3 is 19.8 Å². The molecule has 0 saturated carbocycles. The van der Waals surface area contributed by atoms with Crippen molar-refractivity contribution in [3.05, 3.63) is 29.8 Å². The molecule has 1 saturated heterocycles. The number of morpholine rings is 1. The van der Waals surface area contributed by atoms with Crippen LogP contribution in [0.5, 0.6) is 0 Å². The Bertz CT molecular complexity index is 410. The van der Waals surface area contributed by atoms with Crippen molar-refractivity contribution in [2.75, 3.05) is 24.6 Å². The summed E-state index contributed by atoms with van der Waals surface area (Å²) in [6.07, 6.45) is 0.176. The Morgan fingerprint density at radius 1 is 1.37 bits per heavy atom. The Morgan fingerprint density at radius 3 is 2.79 bits per heavy atom. The first kappa shape index (κ1) is 14.3. The van der Waals surface area contributed by atoms with E-state index in [1.54, 1.807) is 0 Å². The van der Waals surface area contributed by atoms with Crippen LogP contribution in [0, 0.1) is 0 Å². The fourth-order valence-corrected chi connectivity index (χ4v) is 2.62. The van der Waals surface area contributed by atoms with E-state index >= 15 is 0 Å². The van der Waals surface area contributed by atoms with Gasteiger partial charge >= 0.3 is 0 Å². The second kappa shape index (κ2) is 6.37. The van der Waals surface area contributed by atoms with Gasteiger partial charge in [-0.05, 0) is 19.4 Å². The van der Waals surface area contributed by atoms with Gasteiger partial charge in [0.2, 0.25) is 0 Å². The monoisotopic (exact) mass is 265 g/mol. The van der Waals surface area contributed by atoms with Gasteiger partial charge in [-0.15, -0.1) is 0 Å². The Kier molecular flexibility index (Phi) is 4.80. The summed E-state index contributed by atoms with van der Waals surface area (Å²) in [5.41, 5.74) is 2.00. The Labute approximate surface area is 114 Å². The third-order valence-electron chi connectivity index (χ3n) is 3.55. The first-order chi connectivity index (χ1) is 9.15. The lowest BCUT2D eigenvalue weighted by Crippen LogP contribution is -2.48. The zero-order valence-corrected chi connectivity index (χ0v) is 11.6. The van der Waals surface area contributed by atoms with E-state index < -0.39 is 6.10 Å². The second-order valence-electron chi connectivity index (χ2n) is 5.14. The molecule has 1 aliphatic rings. The molecule has 0 aromatic heterocycles. The number of nitrogens with zero attached hydrogens (tertiary/aromatic N) is 1. The van der Waals surface area contributed by atoms with Crippen LogP contribution >= 0.6 is 0 Å². The van der Waals surface area contributed by atoms with Crippen molar-refractivity contribution in [1.82, 2.24) is 0 Å². The van der Waals surface area contributed by atoms with E-state index in [0.29, 0.717) is 13.0 Å². The Morgan fingerprint density at radius 2 is 2.11 bits per heavy atom. The van der Waals surface area contributed by atoms with E-state index in [1.807, 2.05) is 38.1 Å². The molecule has 1 aliphatic heterocycles. The lowest BCUT2D eigenvalue weighted by atomic mass is 10.0. The maximum atomic E-state index is 10.1. The molecule has 4 nitrogen and oxygen atoms in total. The minimum atomic E-state index is -0.443. The van der Waals surface area contributed by atoms with Gasteiger partial charge in [0.25, 0.3) is 0 Å². The summed E-state index contributed by atoms with van der Waals surface area (Å²) in [7, 11) is 0. The van der Waals surface area contributed by atoms with Crippen molar-refractivity contribution < 1.29 is 14.9 Å². The molecule has 106 valence electrons. The second-order valence-corrected chi connectivity index (χ2v) is 5.14. The van der Waals surface area contributed by atoms with Gasteiger partial charge in [0, 0.05) is 24.3 Å². The van der Waals surface area contributed by atoms with Crippen molar-refractivity contribution in [3.8, 4) is 0 Å². The zero-order chi connectivity index (χ0) is 13.8. The third kappa shape index (κ3) is 3.26. The van der Waals surface area contributed by atoms with Crippen molar-refractivity contribution >= 4 is 5.69 Å². The summed E-state index contributed by atoms with van der Waals surface area (Å²) >= 11 is 0. The number of hydrogen-bond donors (Lipinski definition) is 2. The molecule has 1 heterocycles. The molecule has 0 spiro atoms. The molecule has 4 heteroatoms. The van der Waals surface area contributed by atoms with E-state index in [4.69, 9.17) is 4.74 Å². The number of aliphatic hydroxyl groups excluding tert-OH is 2. The number of hydrogen-bond acceptors (Lipinski definition) is 4. The van der Waals surface area contributed by atoms with E-state index in [9.17, 15) is 10.2 Å². The highest BCUT2D eigenvalue weighted by Gasteiger charge is 2.26. The normalized spacial score (nSPS) is 25.4. The van der Waals surface area contributed by atoms with Crippen LogP contribution < -0.4 is 4.90 Å². The lowest BCUT2D eigenvalue weighted by Gasteiger charge is -2.38. The molecule has 0 radical (unpaired) electrons. The largest absolute Gasteiger partial charge is 0.394 e. The number of rotatable bonds is 4. The van der Waals surface area contributed by atoms with Crippen LogP contribution in [-0.4, -0.2) is 42.1 Å². The van der Waals surface area contributed by atoms with Crippen LogP contribution in [0.4, 0.5) is 5.69 Å². The average molecular weight is 265 g/mol. The SMILES string of the molecule is CCC(O)c1ccccc1N1CC(C)OC(CO)C1. The number of benzene rings is 1. The van der Waals surface area contributed by atoms with Crippen LogP contribution in [0.25, 0.3) is 0 Å². The predicted molar refractivity (Wildman–Crippen MR) is 75.3 cm³/mol. The lowest BCUT2D eigenvalue weighted by molar-refractivity contribution is -0.0422. The summed E-state index contributed by atoms with van der Waals surface area (Å²) in [4.78, 5) is 2.20. The fraction of sp³-hybridized carbons (Fsp3) is 0.600. The fourth-order valence-electron chi connectivity index (χ4n) is 2.62. The van der Waals surface area contributed by atoms with Crippen LogP contribution in [0.15, 0.2) is 24.3 Å². The highest BCUT2D eigenvalue weighted by molar-refractivity contribution is 5.55. The number of anilines is 1. The van der Waals surface area contributed by atoms with Crippen molar-refractivity contribution in [2.24, 2.45) is 0 Å². The first-order valence-electron chi connectivity index (χ1n) is 6.94. The maximum absolute atomic E-state index is 10.1. The van der Waals surface area contributed by atoms with Gasteiger partial charge in [-0.1, -0.05) is 25.1 Å². The summed E-state index contributed by atoms with van der Waals surface area (Å²) in [6, 6.07) is 7.93. The van der Waals surface area contributed by atoms with Crippen LogP contribution in [0.2, 0.25) is 0 Å². The molecule has 1 fully saturated rings. The molecule has 0 aliphatic carbocycles. The van der Waals surface area contributed by atoms with Crippen LogP contribution in [0.3, 0.4) is 0 Å². The third-order valence-corrected chi connectivity index (χ3v) is 3.55. The van der Waals surface area contributed by atoms with Gasteiger partial charge in [0.05, 0.1) is 24.9 Å². The Balaban J connectivity index is 2.25. The minimum absolute atomic E-state index is 0.0271. The summed E-state index contributed by atoms with van der Waals surface area (Å²) in [5.74, 6) is 0. The molecule has 1 aromatic carbocycles. The Hall–Kier alpha value is -1.10. The molecular weight excluding hydrogens is 242 g/mol.